The number of nitrogens with zero attached hydrogens (tertiary/aromatic N) is 4. The minimum absolute atomic E-state index is 0.118. The number of pyridine rings is 2. The van der Waals surface area contributed by atoms with E-state index in [4.69, 9.17) is 9.72 Å². The van der Waals surface area contributed by atoms with Crippen molar-refractivity contribution >= 4 is 27.6 Å². The summed E-state index contributed by atoms with van der Waals surface area (Å²) in [6.07, 6.45) is 10.5. The largest absolute Gasteiger partial charge is 0.477 e. The van der Waals surface area contributed by atoms with Gasteiger partial charge >= 0.3 is 0 Å². The first kappa shape index (κ1) is 29.2. The zero-order chi connectivity index (χ0) is 30.2. The Morgan fingerprint density at radius 2 is 1.88 bits per heavy atom. The van der Waals surface area contributed by atoms with Gasteiger partial charge in [0.25, 0.3) is 15.9 Å². The van der Waals surface area contributed by atoms with Gasteiger partial charge in [-0.25, -0.2) is 14.4 Å². The number of amides is 1. The van der Waals surface area contributed by atoms with Crippen LogP contribution in [0.4, 0.5) is 11.6 Å². The summed E-state index contributed by atoms with van der Waals surface area (Å²) in [4.78, 5) is 35.6. The van der Waals surface area contributed by atoms with Crippen molar-refractivity contribution in [2.75, 3.05) is 29.9 Å². The minimum Gasteiger partial charge on any atom is -0.477 e. The molecule has 3 aromatic heterocycles. The molecule has 3 N–H and O–H groups in total. The van der Waals surface area contributed by atoms with Crippen LogP contribution in [0, 0.1) is 11.8 Å². The lowest BCUT2D eigenvalue weighted by Crippen LogP contribution is -2.41. The predicted molar refractivity (Wildman–Crippen MR) is 162 cm³/mol. The molecular weight excluding hydrogens is 570 g/mol. The molecule has 3 aromatic rings. The van der Waals surface area contributed by atoms with Gasteiger partial charge in [0.05, 0.1) is 12.2 Å². The quantitative estimate of drug-likeness (QED) is 0.392. The number of aromatic amines is 1. The van der Waals surface area contributed by atoms with Crippen molar-refractivity contribution in [3.63, 3.8) is 0 Å². The Labute approximate surface area is 251 Å². The average Bonchev–Trinajstić information content (AvgIpc) is 3.70. The highest BCUT2D eigenvalue weighted by atomic mass is 32.2. The van der Waals surface area contributed by atoms with E-state index in [0.717, 1.165) is 37.7 Å². The number of carbonyl (C=O) groups is 1. The lowest BCUT2D eigenvalue weighted by Gasteiger charge is -2.34. The third-order valence-electron chi connectivity index (χ3n) is 8.81. The van der Waals surface area contributed by atoms with Crippen LogP contribution in [0.2, 0.25) is 0 Å². The van der Waals surface area contributed by atoms with Crippen LogP contribution in [0.25, 0.3) is 5.82 Å². The van der Waals surface area contributed by atoms with Gasteiger partial charge in [-0.1, -0.05) is 25.7 Å². The molecule has 230 valence electrons. The van der Waals surface area contributed by atoms with Gasteiger partial charge in [-0.3, -0.25) is 9.59 Å². The summed E-state index contributed by atoms with van der Waals surface area (Å²) in [6.45, 7) is 6.06. The number of sulfonamides is 1. The smallest absolute Gasteiger partial charge is 0.279 e. The lowest BCUT2D eigenvalue weighted by molar-refractivity contribution is 0.0981. The third-order valence-corrected chi connectivity index (χ3v) is 10.1. The third kappa shape index (κ3) is 6.41. The molecule has 4 bridgehead atoms. The van der Waals surface area contributed by atoms with E-state index in [0.29, 0.717) is 43.1 Å². The van der Waals surface area contributed by atoms with Gasteiger partial charge < -0.3 is 19.9 Å². The number of nitrogens with one attached hydrogen (secondary N) is 3. The summed E-state index contributed by atoms with van der Waals surface area (Å²) in [5, 5.41) is 7.29. The summed E-state index contributed by atoms with van der Waals surface area (Å²) in [7, 11) is -4.39. The lowest BCUT2D eigenvalue weighted by atomic mass is 9.93. The highest BCUT2D eigenvalue weighted by Gasteiger charge is 2.41. The maximum Gasteiger partial charge on any atom is 0.279 e. The van der Waals surface area contributed by atoms with Crippen molar-refractivity contribution in [3.8, 4) is 11.7 Å². The Hall–Kier alpha value is -3.87. The second-order valence-electron chi connectivity index (χ2n) is 12.5. The van der Waals surface area contributed by atoms with Crippen LogP contribution in [0.5, 0.6) is 5.88 Å². The topological polar surface area (TPSA) is 151 Å². The highest BCUT2D eigenvalue weighted by Crippen LogP contribution is 2.39. The number of H-pyrrole nitrogens is 1. The number of ether oxygens (including phenoxy) is 1. The number of rotatable bonds is 5. The van der Waals surface area contributed by atoms with E-state index in [2.05, 4.69) is 38.9 Å². The van der Waals surface area contributed by atoms with E-state index in [-0.39, 0.29) is 16.9 Å². The standard InChI is InChI=1S/C30H39N7O5S/c1-30(2)18-21-8-5-13-31-24-16-22(38)17-27(32-24)43(40,41)35-29(39)23-9-10-25(33-28(23)36(30)19-21)37-14-11-26(34-37)42-15-12-20-6-3-4-7-20/h9-11,14,16-17,20-21H,3-8,12-13,15,18-19H2,1-2H3,(H,35,39)(H2,31,32,38)/t21-/m0/s1. The Bertz CT molecular complexity index is 1660. The van der Waals surface area contributed by atoms with Crippen molar-refractivity contribution in [2.24, 2.45) is 11.8 Å². The molecule has 1 atom stereocenters. The fourth-order valence-corrected chi connectivity index (χ4v) is 7.63. The van der Waals surface area contributed by atoms with Crippen molar-refractivity contribution < 1.29 is 17.9 Å². The number of hydrogen-bond acceptors (Lipinski definition) is 9. The Balaban J connectivity index is 1.33. The normalized spacial score (nSPS) is 21.8. The van der Waals surface area contributed by atoms with Gasteiger partial charge in [-0.15, -0.1) is 5.10 Å². The molecule has 2 fully saturated rings. The number of aromatic nitrogens is 4. The maximum absolute atomic E-state index is 13.6. The zero-order valence-corrected chi connectivity index (χ0v) is 25.5. The first-order valence-corrected chi connectivity index (χ1v) is 16.6. The molecule has 1 aliphatic carbocycles. The van der Waals surface area contributed by atoms with Crippen LogP contribution < -0.4 is 25.1 Å². The second-order valence-corrected chi connectivity index (χ2v) is 14.2. The molecule has 5 heterocycles. The first-order chi connectivity index (χ1) is 20.6. The summed E-state index contributed by atoms with van der Waals surface area (Å²) < 4.78 is 36.1. The van der Waals surface area contributed by atoms with Gasteiger partial charge in [0.1, 0.15) is 11.6 Å². The van der Waals surface area contributed by atoms with Crippen molar-refractivity contribution in [3.05, 3.63) is 52.3 Å². The number of anilines is 2. The molecule has 0 spiro atoms. The molecule has 2 aliphatic heterocycles. The van der Waals surface area contributed by atoms with Crippen LogP contribution in [0.15, 0.2) is 46.3 Å². The predicted octanol–water partition coefficient (Wildman–Crippen LogP) is 3.84. The molecule has 43 heavy (non-hydrogen) atoms. The molecule has 0 aromatic carbocycles. The minimum atomic E-state index is -4.39. The summed E-state index contributed by atoms with van der Waals surface area (Å²) in [5.74, 6) is 1.88. The molecular formula is C30H39N7O5S. The number of carbonyl (C=O) groups excluding carboxylic acids is 1. The fourth-order valence-electron chi connectivity index (χ4n) is 6.65. The monoisotopic (exact) mass is 609 g/mol. The summed E-state index contributed by atoms with van der Waals surface area (Å²) in [6, 6.07) is 7.28. The van der Waals surface area contributed by atoms with E-state index in [1.807, 2.05) is 0 Å². The highest BCUT2D eigenvalue weighted by molar-refractivity contribution is 7.90. The van der Waals surface area contributed by atoms with Crippen molar-refractivity contribution in [2.45, 2.75) is 75.8 Å². The molecule has 13 heteroatoms. The van der Waals surface area contributed by atoms with Crippen LogP contribution in [0.1, 0.15) is 75.6 Å². The molecule has 1 saturated carbocycles. The van der Waals surface area contributed by atoms with E-state index < -0.39 is 26.4 Å². The second kappa shape index (κ2) is 11.7. The molecule has 6 rings (SSSR count). The van der Waals surface area contributed by atoms with Gasteiger partial charge in [-0.2, -0.15) is 8.42 Å². The van der Waals surface area contributed by atoms with Crippen molar-refractivity contribution in [1.29, 1.82) is 0 Å². The van der Waals surface area contributed by atoms with E-state index in [9.17, 15) is 18.0 Å². The van der Waals surface area contributed by atoms with Gasteiger partial charge in [0.2, 0.25) is 5.88 Å². The Kier molecular flexibility index (Phi) is 7.92. The van der Waals surface area contributed by atoms with Crippen LogP contribution in [-0.2, 0) is 10.0 Å². The van der Waals surface area contributed by atoms with Crippen LogP contribution >= 0.6 is 0 Å². The molecule has 3 aliphatic rings. The maximum atomic E-state index is 13.6. The summed E-state index contributed by atoms with van der Waals surface area (Å²) in [5.41, 5.74) is -0.700. The molecule has 1 amide bonds. The molecule has 1 saturated heterocycles. The fraction of sp³-hybridized carbons (Fsp3) is 0.533. The first-order valence-electron chi connectivity index (χ1n) is 15.1. The molecule has 12 nitrogen and oxygen atoms in total. The number of hydrogen-bond donors (Lipinski definition) is 3. The van der Waals surface area contributed by atoms with Gasteiger partial charge in [0.15, 0.2) is 16.3 Å². The Morgan fingerprint density at radius 1 is 1.07 bits per heavy atom. The van der Waals surface area contributed by atoms with Crippen molar-refractivity contribution in [1.82, 2.24) is 24.5 Å². The van der Waals surface area contributed by atoms with Crippen LogP contribution in [-0.4, -0.2) is 59.3 Å². The average molecular weight is 610 g/mol. The molecule has 0 radical (unpaired) electrons. The zero-order valence-electron chi connectivity index (χ0n) is 24.6. The van der Waals surface area contributed by atoms with Gasteiger partial charge in [-0.05, 0) is 63.5 Å². The Morgan fingerprint density at radius 3 is 2.70 bits per heavy atom. The summed E-state index contributed by atoms with van der Waals surface area (Å²) >= 11 is 0. The van der Waals surface area contributed by atoms with Crippen LogP contribution in [0.3, 0.4) is 0 Å². The number of fused-ring (bicyclic) bond motifs is 6. The molecule has 0 unspecified atom stereocenters. The van der Waals surface area contributed by atoms with E-state index >= 15 is 0 Å². The van der Waals surface area contributed by atoms with E-state index in [1.54, 1.807) is 29.1 Å². The van der Waals surface area contributed by atoms with E-state index in [1.165, 1.54) is 31.7 Å². The van der Waals surface area contributed by atoms with Gasteiger partial charge in [0, 0.05) is 43.0 Å². The SMILES string of the molecule is CC1(C)C[C@@H]2CCCNc3cc(=O)cc([nH]3)S(=O)(=O)NC(=O)c3ccc(-n4ccc(OCCC5CCCC5)n4)nc3N1C2.